The van der Waals surface area contributed by atoms with Crippen molar-refractivity contribution in [2.24, 2.45) is 5.41 Å². The molecule has 0 aromatic heterocycles. The lowest BCUT2D eigenvalue weighted by Crippen LogP contribution is -2.52. The number of hydrogen-bond donors (Lipinski definition) is 0. The average molecular weight is 437 g/mol. The first-order valence-corrected chi connectivity index (χ1v) is 12.7. The van der Waals surface area contributed by atoms with Crippen LogP contribution in [0, 0.1) is 5.41 Å². The molecule has 3 fully saturated rings. The molecule has 0 N–H and O–H groups in total. The summed E-state index contributed by atoms with van der Waals surface area (Å²) in [6.07, 6.45) is 13.9. The highest BCUT2D eigenvalue weighted by Crippen LogP contribution is 2.35. The smallest absolute Gasteiger partial charge is 0.335 e. The highest BCUT2D eigenvalue weighted by atomic mass is 16.6. The fraction of sp³-hybridized carbons (Fsp3) is 0.880. The molecule has 31 heavy (non-hydrogen) atoms. The monoisotopic (exact) mass is 436 g/mol. The standard InChI is InChI=1S/C25H40O6/c1-2-18-25(22(26)29-19-12-6-3-7-13-19,23(27)30-20-14-8-4-9-15-20)24(28)31-21-16-10-5-11-17-21/h19-21H,2-18H2,1H3. The van der Waals surface area contributed by atoms with Crippen molar-refractivity contribution in [1.29, 1.82) is 0 Å². The third-order valence-corrected chi connectivity index (χ3v) is 7.15. The van der Waals surface area contributed by atoms with Crippen molar-refractivity contribution in [3.8, 4) is 0 Å². The minimum Gasteiger partial charge on any atom is -0.461 e. The van der Waals surface area contributed by atoms with E-state index in [9.17, 15) is 14.4 Å². The first kappa shape index (κ1) is 24.1. The second-order valence-electron chi connectivity index (χ2n) is 9.65. The predicted molar refractivity (Wildman–Crippen MR) is 116 cm³/mol. The number of esters is 3. The summed E-state index contributed by atoms with van der Waals surface area (Å²) in [5.74, 6) is -2.28. The van der Waals surface area contributed by atoms with Crippen LogP contribution in [0.1, 0.15) is 116 Å². The van der Waals surface area contributed by atoms with Crippen molar-refractivity contribution in [3.05, 3.63) is 0 Å². The van der Waals surface area contributed by atoms with E-state index in [1.807, 2.05) is 6.92 Å². The summed E-state index contributed by atoms with van der Waals surface area (Å²) in [5, 5.41) is 0. The SMILES string of the molecule is CCCC(C(=O)OC1CCCCC1)(C(=O)OC1CCCCC1)C(=O)OC1CCCCC1. The number of hydrogen-bond acceptors (Lipinski definition) is 6. The lowest BCUT2D eigenvalue weighted by Gasteiger charge is -2.34. The van der Waals surface area contributed by atoms with Gasteiger partial charge in [-0.1, -0.05) is 32.6 Å². The molecule has 0 unspecified atom stereocenters. The van der Waals surface area contributed by atoms with Gasteiger partial charge in [0.15, 0.2) is 0 Å². The van der Waals surface area contributed by atoms with E-state index < -0.39 is 23.3 Å². The van der Waals surface area contributed by atoms with Crippen LogP contribution in [-0.2, 0) is 28.6 Å². The summed E-state index contributed by atoms with van der Waals surface area (Å²) in [7, 11) is 0. The number of rotatable bonds is 8. The third-order valence-electron chi connectivity index (χ3n) is 7.15. The van der Waals surface area contributed by atoms with Crippen LogP contribution in [0.2, 0.25) is 0 Å². The molecule has 0 amide bonds. The van der Waals surface area contributed by atoms with E-state index >= 15 is 0 Å². The Balaban J connectivity index is 1.81. The lowest BCUT2D eigenvalue weighted by molar-refractivity contribution is -0.193. The van der Waals surface area contributed by atoms with E-state index in [0.717, 1.165) is 96.3 Å². The quantitative estimate of drug-likeness (QED) is 0.288. The van der Waals surface area contributed by atoms with Crippen LogP contribution < -0.4 is 0 Å². The molecule has 0 radical (unpaired) electrons. The topological polar surface area (TPSA) is 78.9 Å². The van der Waals surface area contributed by atoms with Gasteiger partial charge in [0.2, 0.25) is 0 Å². The van der Waals surface area contributed by atoms with Gasteiger partial charge in [-0.05, 0) is 83.5 Å². The molecule has 0 saturated heterocycles. The van der Waals surface area contributed by atoms with Crippen molar-refractivity contribution in [2.45, 2.75) is 134 Å². The molecule has 0 atom stereocenters. The first-order chi connectivity index (χ1) is 15.1. The van der Waals surface area contributed by atoms with Crippen LogP contribution in [0.5, 0.6) is 0 Å². The van der Waals surface area contributed by atoms with Crippen molar-refractivity contribution < 1.29 is 28.6 Å². The van der Waals surface area contributed by atoms with Crippen molar-refractivity contribution in [3.63, 3.8) is 0 Å². The molecule has 3 aliphatic carbocycles. The van der Waals surface area contributed by atoms with E-state index in [-0.39, 0.29) is 24.7 Å². The minimum atomic E-state index is -2.00. The zero-order chi connectivity index (χ0) is 22.1. The molecule has 176 valence electrons. The molecular formula is C25H40O6. The Morgan fingerprint density at radius 2 is 0.871 bits per heavy atom. The molecule has 0 bridgehead atoms. The Bertz CT molecular complexity index is 518. The molecule has 0 aromatic carbocycles. The van der Waals surface area contributed by atoms with Gasteiger partial charge in [-0.15, -0.1) is 0 Å². The maximum atomic E-state index is 13.5. The highest BCUT2D eigenvalue weighted by Gasteiger charge is 2.58. The normalized spacial score (nSPS) is 22.0. The molecule has 3 aliphatic rings. The van der Waals surface area contributed by atoms with E-state index in [4.69, 9.17) is 14.2 Å². The van der Waals surface area contributed by atoms with Gasteiger partial charge in [-0.25, -0.2) is 0 Å². The summed E-state index contributed by atoms with van der Waals surface area (Å²) in [6, 6.07) is 0. The van der Waals surface area contributed by atoms with Crippen molar-refractivity contribution >= 4 is 17.9 Å². The van der Waals surface area contributed by atoms with E-state index in [2.05, 4.69) is 0 Å². The molecule has 0 heterocycles. The molecule has 0 aliphatic heterocycles. The van der Waals surface area contributed by atoms with Crippen LogP contribution in [-0.4, -0.2) is 36.2 Å². The minimum absolute atomic E-state index is 0.0651. The summed E-state index contributed by atoms with van der Waals surface area (Å²) < 4.78 is 17.4. The number of carbonyl (C=O) groups is 3. The fourth-order valence-corrected chi connectivity index (χ4v) is 5.24. The van der Waals surface area contributed by atoms with Crippen LogP contribution in [0.15, 0.2) is 0 Å². The Labute approximate surface area is 186 Å². The highest BCUT2D eigenvalue weighted by molar-refractivity contribution is 6.18. The van der Waals surface area contributed by atoms with Gasteiger partial charge in [0, 0.05) is 0 Å². The molecular weight excluding hydrogens is 396 g/mol. The molecule has 0 aromatic rings. The second kappa shape index (κ2) is 11.9. The zero-order valence-corrected chi connectivity index (χ0v) is 19.2. The lowest BCUT2D eigenvalue weighted by atomic mass is 9.82. The zero-order valence-electron chi connectivity index (χ0n) is 19.2. The van der Waals surface area contributed by atoms with E-state index in [1.54, 1.807) is 0 Å². The maximum absolute atomic E-state index is 13.5. The summed E-state index contributed by atoms with van der Waals surface area (Å²) in [6.45, 7) is 1.87. The van der Waals surface area contributed by atoms with Crippen LogP contribution >= 0.6 is 0 Å². The van der Waals surface area contributed by atoms with Gasteiger partial charge >= 0.3 is 17.9 Å². The van der Waals surface area contributed by atoms with Crippen molar-refractivity contribution in [1.82, 2.24) is 0 Å². The predicted octanol–water partition coefficient (Wildman–Crippen LogP) is 5.40. The van der Waals surface area contributed by atoms with Crippen LogP contribution in [0.25, 0.3) is 0 Å². The van der Waals surface area contributed by atoms with Gasteiger partial charge in [0.25, 0.3) is 5.41 Å². The first-order valence-electron chi connectivity index (χ1n) is 12.7. The van der Waals surface area contributed by atoms with Crippen LogP contribution in [0.4, 0.5) is 0 Å². The Hall–Kier alpha value is -1.59. The Kier molecular flexibility index (Phi) is 9.21. The summed E-state index contributed by atoms with van der Waals surface area (Å²) in [4.78, 5) is 40.4. The average Bonchev–Trinajstić information content (AvgIpc) is 2.79. The van der Waals surface area contributed by atoms with Gasteiger partial charge in [-0.3, -0.25) is 14.4 Å². The van der Waals surface area contributed by atoms with Gasteiger partial charge in [0.05, 0.1) is 0 Å². The Morgan fingerprint density at radius 1 is 0.581 bits per heavy atom. The fourth-order valence-electron chi connectivity index (χ4n) is 5.24. The largest absolute Gasteiger partial charge is 0.461 e. The second-order valence-corrected chi connectivity index (χ2v) is 9.65. The van der Waals surface area contributed by atoms with Gasteiger partial charge < -0.3 is 14.2 Å². The van der Waals surface area contributed by atoms with Crippen LogP contribution in [0.3, 0.4) is 0 Å². The molecule has 6 nitrogen and oxygen atoms in total. The number of ether oxygens (including phenoxy) is 3. The van der Waals surface area contributed by atoms with Gasteiger partial charge in [-0.2, -0.15) is 0 Å². The molecule has 0 spiro atoms. The summed E-state index contributed by atoms with van der Waals surface area (Å²) in [5.41, 5.74) is -2.00. The Morgan fingerprint density at radius 3 is 1.13 bits per heavy atom. The third kappa shape index (κ3) is 6.23. The maximum Gasteiger partial charge on any atom is 0.335 e. The van der Waals surface area contributed by atoms with E-state index in [0.29, 0.717) is 6.42 Å². The molecule has 3 rings (SSSR count). The van der Waals surface area contributed by atoms with E-state index in [1.165, 1.54) is 0 Å². The molecule has 3 saturated carbocycles. The van der Waals surface area contributed by atoms with Gasteiger partial charge in [0.1, 0.15) is 18.3 Å². The summed E-state index contributed by atoms with van der Waals surface area (Å²) >= 11 is 0. The molecule has 6 heteroatoms. The van der Waals surface area contributed by atoms with Crippen molar-refractivity contribution in [2.75, 3.05) is 0 Å². The number of carbonyl (C=O) groups excluding carboxylic acids is 3.